The van der Waals surface area contributed by atoms with Crippen molar-refractivity contribution in [3.05, 3.63) is 24.3 Å². The van der Waals surface area contributed by atoms with Crippen molar-refractivity contribution in [3.8, 4) is 0 Å². The van der Waals surface area contributed by atoms with Gasteiger partial charge < -0.3 is 0 Å². The van der Waals surface area contributed by atoms with Gasteiger partial charge in [0.2, 0.25) is 0 Å². The van der Waals surface area contributed by atoms with Crippen LogP contribution in [-0.4, -0.2) is 22.0 Å². The monoisotopic (exact) mass is 126 g/mol. The summed E-state index contributed by atoms with van der Waals surface area (Å²) in [6, 6.07) is 0. The van der Waals surface area contributed by atoms with Gasteiger partial charge in [-0.25, -0.2) is 0 Å². The fourth-order valence-corrected chi connectivity index (χ4v) is 1.06. The van der Waals surface area contributed by atoms with Crippen molar-refractivity contribution in [2.24, 2.45) is 5.92 Å². The van der Waals surface area contributed by atoms with E-state index in [-0.39, 0.29) is 0 Å². The number of allylic oxidation sites excluding steroid dienone is 4. The maximum Gasteiger partial charge on any atom is 0.0545 e. The van der Waals surface area contributed by atoms with Crippen molar-refractivity contribution in [1.82, 2.24) is 0 Å². The molecule has 0 saturated carbocycles. The Hall–Kier alpha value is -0.325. The topological polar surface area (TPSA) is 0 Å². The predicted molar refractivity (Wildman–Crippen MR) is 48.5 cm³/mol. The van der Waals surface area contributed by atoms with Gasteiger partial charge in [-0.1, -0.05) is 37.0 Å². The van der Waals surface area contributed by atoms with Crippen molar-refractivity contribution >= 4 is 22.0 Å². The van der Waals surface area contributed by atoms with Crippen molar-refractivity contribution < 1.29 is 0 Å². The van der Waals surface area contributed by atoms with Gasteiger partial charge in [-0.15, -0.1) is 0 Å². The molecule has 0 heterocycles. The second-order valence-corrected chi connectivity index (χ2v) is 2.44. The SMILES string of the molecule is [B][B][B]CCC1C=CC=C1. The Bertz CT molecular complexity index is 128. The van der Waals surface area contributed by atoms with Crippen LogP contribution in [0.5, 0.6) is 0 Å². The summed E-state index contributed by atoms with van der Waals surface area (Å²) in [7, 11) is 8.81. The quantitative estimate of drug-likeness (QED) is 0.388. The molecule has 0 aliphatic heterocycles. The van der Waals surface area contributed by atoms with E-state index < -0.39 is 0 Å². The minimum absolute atomic E-state index is 0.649. The third-order valence-electron chi connectivity index (χ3n) is 1.63. The zero-order valence-electron chi connectivity index (χ0n) is 6.03. The molecule has 0 aromatic heterocycles. The molecule has 0 spiro atoms. The van der Waals surface area contributed by atoms with Crippen molar-refractivity contribution in [2.45, 2.75) is 12.7 Å². The molecule has 0 fully saturated rings. The lowest BCUT2D eigenvalue weighted by Gasteiger charge is -2.01. The van der Waals surface area contributed by atoms with Crippen LogP contribution in [0.25, 0.3) is 0 Å². The summed E-state index contributed by atoms with van der Waals surface area (Å²) in [5, 5.41) is 0. The molecule has 10 heavy (non-hydrogen) atoms. The van der Waals surface area contributed by atoms with E-state index in [0.29, 0.717) is 5.92 Å². The molecule has 0 aromatic carbocycles. The lowest BCUT2D eigenvalue weighted by atomic mass is 9.27. The summed E-state index contributed by atoms with van der Waals surface area (Å²) < 4.78 is 0. The maximum absolute atomic E-state index is 5.20. The molecular weight excluding hydrogens is 117 g/mol. The van der Waals surface area contributed by atoms with Crippen LogP contribution in [0.4, 0.5) is 0 Å². The number of rotatable bonds is 4. The summed E-state index contributed by atoms with van der Waals surface area (Å²) >= 11 is 0. The fraction of sp³-hybridized carbons (Fsp3) is 0.429. The van der Waals surface area contributed by atoms with Gasteiger partial charge in [-0.05, 0) is 5.92 Å². The second kappa shape index (κ2) is 4.48. The van der Waals surface area contributed by atoms with E-state index in [1.807, 2.05) is 7.17 Å². The molecule has 1 aliphatic rings. The average molecular weight is 126 g/mol. The first-order chi connectivity index (χ1) is 4.93. The van der Waals surface area contributed by atoms with E-state index >= 15 is 0 Å². The molecule has 0 unspecified atom stereocenters. The number of hydrogen-bond donors (Lipinski definition) is 0. The second-order valence-electron chi connectivity index (χ2n) is 2.44. The molecule has 46 valence electrons. The highest BCUT2D eigenvalue weighted by Gasteiger charge is 2.01. The average Bonchev–Trinajstić information content (AvgIpc) is 2.41. The van der Waals surface area contributed by atoms with E-state index in [0.717, 1.165) is 6.32 Å². The molecular formula is C7H9B3. The van der Waals surface area contributed by atoms with Crippen LogP contribution in [0.1, 0.15) is 6.42 Å². The van der Waals surface area contributed by atoms with E-state index in [1.165, 1.54) is 6.42 Å². The summed E-state index contributed by atoms with van der Waals surface area (Å²) in [6.07, 6.45) is 10.9. The normalized spacial score (nSPS) is 16.0. The van der Waals surface area contributed by atoms with Crippen LogP contribution in [0.15, 0.2) is 24.3 Å². The third-order valence-corrected chi connectivity index (χ3v) is 1.63. The van der Waals surface area contributed by atoms with Crippen molar-refractivity contribution in [3.63, 3.8) is 0 Å². The van der Waals surface area contributed by atoms with Gasteiger partial charge in [-0.3, -0.25) is 0 Å². The highest BCUT2D eigenvalue weighted by atomic mass is 14.0. The minimum Gasteiger partial charge on any atom is -0.0886 e. The highest BCUT2D eigenvalue weighted by molar-refractivity contribution is 7.23. The third kappa shape index (κ3) is 2.51. The largest absolute Gasteiger partial charge is 0.0886 e. The van der Waals surface area contributed by atoms with Crippen molar-refractivity contribution in [2.75, 3.05) is 0 Å². The van der Waals surface area contributed by atoms with Gasteiger partial charge in [0, 0.05) is 14.8 Å². The van der Waals surface area contributed by atoms with E-state index in [9.17, 15) is 0 Å². The summed E-state index contributed by atoms with van der Waals surface area (Å²) in [5.74, 6) is 0.649. The lowest BCUT2D eigenvalue weighted by Crippen LogP contribution is -2.03. The molecule has 1 aliphatic carbocycles. The Morgan fingerprint density at radius 3 is 2.60 bits per heavy atom. The van der Waals surface area contributed by atoms with Gasteiger partial charge in [0.15, 0.2) is 0 Å². The summed E-state index contributed by atoms with van der Waals surface area (Å²) in [5.41, 5.74) is 0. The van der Waals surface area contributed by atoms with Gasteiger partial charge >= 0.3 is 0 Å². The first-order valence-electron chi connectivity index (χ1n) is 3.65. The Morgan fingerprint density at radius 2 is 2.00 bits per heavy atom. The Labute approximate surface area is 65.6 Å². The Balaban J connectivity index is 2.03. The fourth-order valence-electron chi connectivity index (χ4n) is 1.06. The lowest BCUT2D eigenvalue weighted by molar-refractivity contribution is 0.782. The summed E-state index contributed by atoms with van der Waals surface area (Å²) in [6.45, 7) is 0. The molecule has 0 saturated heterocycles. The molecule has 0 bridgehead atoms. The molecule has 3 heteroatoms. The highest BCUT2D eigenvalue weighted by Crippen LogP contribution is 2.14. The van der Waals surface area contributed by atoms with Gasteiger partial charge in [0.05, 0.1) is 7.17 Å². The Kier molecular flexibility index (Phi) is 3.49. The van der Waals surface area contributed by atoms with Crippen LogP contribution >= 0.6 is 0 Å². The zero-order valence-corrected chi connectivity index (χ0v) is 6.03. The smallest absolute Gasteiger partial charge is 0.0545 e. The molecule has 0 aromatic rings. The molecule has 1 rings (SSSR count). The number of hydrogen-bond acceptors (Lipinski definition) is 0. The predicted octanol–water partition coefficient (Wildman–Crippen LogP) is 0.944. The van der Waals surface area contributed by atoms with E-state index in [1.54, 1.807) is 7.06 Å². The zero-order chi connectivity index (χ0) is 7.23. The van der Waals surface area contributed by atoms with Crippen LogP contribution < -0.4 is 0 Å². The molecule has 0 amide bonds. The van der Waals surface area contributed by atoms with Gasteiger partial charge in [0.25, 0.3) is 0 Å². The van der Waals surface area contributed by atoms with Crippen LogP contribution in [-0.2, 0) is 0 Å². The van der Waals surface area contributed by atoms with Crippen LogP contribution in [0, 0.1) is 5.92 Å². The first-order valence-corrected chi connectivity index (χ1v) is 3.65. The molecule has 0 N–H and O–H groups in total. The maximum atomic E-state index is 5.20. The standard InChI is InChI=1S/C7H9B3/c8-10-9-6-5-7-3-1-2-4-7/h1-4,7H,5-6H2. The van der Waals surface area contributed by atoms with Crippen LogP contribution in [0.3, 0.4) is 0 Å². The molecule has 0 atom stereocenters. The van der Waals surface area contributed by atoms with Crippen molar-refractivity contribution in [1.29, 1.82) is 0 Å². The molecule has 4 radical (unpaired) electrons. The van der Waals surface area contributed by atoms with E-state index in [4.69, 9.17) is 7.74 Å². The van der Waals surface area contributed by atoms with Crippen LogP contribution in [0.2, 0.25) is 6.32 Å². The summed E-state index contributed by atoms with van der Waals surface area (Å²) in [4.78, 5) is 0. The van der Waals surface area contributed by atoms with Gasteiger partial charge in [0.1, 0.15) is 0 Å². The first kappa shape index (κ1) is 7.78. The Morgan fingerprint density at radius 1 is 1.30 bits per heavy atom. The molecule has 0 nitrogen and oxygen atoms in total. The van der Waals surface area contributed by atoms with E-state index in [2.05, 4.69) is 24.3 Å². The minimum atomic E-state index is 0.649. The van der Waals surface area contributed by atoms with Gasteiger partial charge in [-0.2, -0.15) is 0 Å².